The highest BCUT2D eigenvalue weighted by atomic mass is 15.1. The van der Waals surface area contributed by atoms with Gasteiger partial charge < -0.3 is 0 Å². The van der Waals surface area contributed by atoms with Crippen LogP contribution in [0.2, 0.25) is 0 Å². The van der Waals surface area contributed by atoms with E-state index in [9.17, 15) is 0 Å². The molecule has 1 fully saturated rings. The average molecular weight is 214 g/mol. The summed E-state index contributed by atoms with van der Waals surface area (Å²) in [5.74, 6) is 0.863. The lowest BCUT2D eigenvalue weighted by atomic mass is 9.98. The Morgan fingerprint density at radius 1 is 1.31 bits per heavy atom. The fourth-order valence-electron chi connectivity index (χ4n) is 2.23. The van der Waals surface area contributed by atoms with Crippen molar-refractivity contribution in [1.29, 1.82) is 5.26 Å². The van der Waals surface area contributed by atoms with Crippen LogP contribution in [-0.2, 0) is 6.54 Å². The molecule has 2 rings (SSSR count). The van der Waals surface area contributed by atoms with Crippen LogP contribution in [0.15, 0.2) is 24.3 Å². The molecule has 0 amide bonds. The van der Waals surface area contributed by atoms with E-state index < -0.39 is 0 Å². The van der Waals surface area contributed by atoms with Gasteiger partial charge in [-0.1, -0.05) is 25.1 Å². The van der Waals surface area contributed by atoms with E-state index in [-0.39, 0.29) is 0 Å². The Labute approximate surface area is 97.5 Å². The molecule has 84 valence electrons. The molecule has 1 heterocycles. The minimum Gasteiger partial charge on any atom is -0.299 e. The summed E-state index contributed by atoms with van der Waals surface area (Å²) in [6.07, 6.45) is 2.57. The van der Waals surface area contributed by atoms with Gasteiger partial charge in [0.15, 0.2) is 0 Å². The van der Waals surface area contributed by atoms with Gasteiger partial charge in [0.2, 0.25) is 0 Å². The monoisotopic (exact) mass is 214 g/mol. The fourth-order valence-corrected chi connectivity index (χ4v) is 2.23. The molecule has 1 aliphatic heterocycles. The molecule has 2 nitrogen and oxygen atoms in total. The van der Waals surface area contributed by atoms with E-state index >= 15 is 0 Å². The molecule has 0 atom stereocenters. The molecule has 0 aromatic heterocycles. The minimum absolute atomic E-state index is 0.820. The molecular formula is C14H18N2. The van der Waals surface area contributed by atoms with Gasteiger partial charge >= 0.3 is 0 Å². The maximum atomic E-state index is 9.02. The van der Waals surface area contributed by atoms with Gasteiger partial charge in [-0.2, -0.15) is 5.26 Å². The van der Waals surface area contributed by atoms with Gasteiger partial charge in [0.25, 0.3) is 0 Å². The van der Waals surface area contributed by atoms with Crippen LogP contribution in [0.1, 0.15) is 30.9 Å². The molecule has 1 aromatic rings. The first-order valence-corrected chi connectivity index (χ1v) is 6.00. The lowest BCUT2D eigenvalue weighted by molar-refractivity contribution is 0.185. The van der Waals surface area contributed by atoms with Crippen molar-refractivity contribution in [2.24, 2.45) is 5.92 Å². The zero-order chi connectivity index (χ0) is 11.4. The van der Waals surface area contributed by atoms with Crippen LogP contribution in [0.5, 0.6) is 0 Å². The van der Waals surface area contributed by atoms with Gasteiger partial charge in [-0.05, 0) is 43.5 Å². The van der Waals surface area contributed by atoms with Gasteiger partial charge in [-0.3, -0.25) is 4.90 Å². The summed E-state index contributed by atoms with van der Waals surface area (Å²) in [6, 6.07) is 10.2. The first-order valence-electron chi connectivity index (χ1n) is 6.00. The highest BCUT2D eigenvalue weighted by Gasteiger charge is 2.16. The highest BCUT2D eigenvalue weighted by molar-refractivity contribution is 5.37. The second-order valence-corrected chi connectivity index (χ2v) is 4.73. The Morgan fingerprint density at radius 2 is 2.00 bits per heavy atom. The van der Waals surface area contributed by atoms with Crippen molar-refractivity contribution in [2.45, 2.75) is 26.3 Å². The Hall–Kier alpha value is -1.33. The third-order valence-corrected chi connectivity index (χ3v) is 3.41. The Kier molecular flexibility index (Phi) is 3.58. The molecule has 0 spiro atoms. The molecule has 1 saturated heterocycles. The standard InChI is InChI=1S/C14H18N2/c1-12-6-8-16(9-7-12)11-14-5-3-2-4-13(14)10-15/h2-5,12H,6-9,11H2,1H3. The van der Waals surface area contributed by atoms with Crippen LogP contribution < -0.4 is 0 Å². The zero-order valence-corrected chi connectivity index (χ0v) is 9.82. The van der Waals surface area contributed by atoms with E-state index in [0.29, 0.717) is 0 Å². The SMILES string of the molecule is CC1CCN(Cc2ccccc2C#N)CC1. The van der Waals surface area contributed by atoms with E-state index in [1.54, 1.807) is 0 Å². The van der Waals surface area contributed by atoms with Crippen molar-refractivity contribution in [3.63, 3.8) is 0 Å². The van der Waals surface area contributed by atoms with Crippen molar-refractivity contribution in [1.82, 2.24) is 4.90 Å². The topological polar surface area (TPSA) is 27.0 Å². The van der Waals surface area contributed by atoms with Crippen LogP contribution in [0.3, 0.4) is 0 Å². The molecule has 0 aliphatic carbocycles. The number of piperidine rings is 1. The first-order chi connectivity index (χ1) is 7.79. The molecule has 0 N–H and O–H groups in total. The second kappa shape index (κ2) is 5.14. The molecule has 1 aromatic carbocycles. The smallest absolute Gasteiger partial charge is 0.0995 e. The van der Waals surface area contributed by atoms with E-state index in [2.05, 4.69) is 24.0 Å². The summed E-state index contributed by atoms with van der Waals surface area (Å²) in [7, 11) is 0. The largest absolute Gasteiger partial charge is 0.299 e. The van der Waals surface area contributed by atoms with Gasteiger partial charge in [0, 0.05) is 6.54 Å². The third kappa shape index (κ3) is 2.62. The zero-order valence-electron chi connectivity index (χ0n) is 9.82. The number of nitrogens with zero attached hydrogens (tertiary/aromatic N) is 2. The van der Waals surface area contributed by atoms with Crippen molar-refractivity contribution in [3.05, 3.63) is 35.4 Å². The normalized spacial score (nSPS) is 18.2. The lowest BCUT2D eigenvalue weighted by Crippen LogP contribution is -2.32. The highest BCUT2D eigenvalue weighted by Crippen LogP contribution is 2.19. The van der Waals surface area contributed by atoms with Crippen LogP contribution >= 0.6 is 0 Å². The molecule has 0 radical (unpaired) electrons. The average Bonchev–Trinajstić information content (AvgIpc) is 2.33. The quantitative estimate of drug-likeness (QED) is 0.757. The summed E-state index contributed by atoms with van der Waals surface area (Å²) < 4.78 is 0. The van der Waals surface area contributed by atoms with E-state index in [1.807, 2.05) is 18.2 Å². The summed E-state index contributed by atoms with van der Waals surface area (Å²) in [4.78, 5) is 2.45. The van der Waals surface area contributed by atoms with Crippen LogP contribution in [0, 0.1) is 17.2 Å². The van der Waals surface area contributed by atoms with Crippen molar-refractivity contribution in [2.75, 3.05) is 13.1 Å². The van der Waals surface area contributed by atoms with Crippen LogP contribution in [0.25, 0.3) is 0 Å². The predicted octanol–water partition coefficient (Wildman–Crippen LogP) is 2.79. The van der Waals surface area contributed by atoms with Gasteiger partial charge in [0.1, 0.15) is 0 Å². The fraction of sp³-hybridized carbons (Fsp3) is 0.500. The predicted molar refractivity (Wildman–Crippen MR) is 64.8 cm³/mol. The number of nitriles is 1. The summed E-state index contributed by atoms with van der Waals surface area (Å²) in [6.45, 7) is 5.58. The number of likely N-dealkylation sites (tertiary alicyclic amines) is 1. The molecular weight excluding hydrogens is 196 g/mol. The second-order valence-electron chi connectivity index (χ2n) is 4.73. The summed E-state index contributed by atoms with van der Waals surface area (Å²) in [5, 5.41) is 9.02. The molecule has 16 heavy (non-hydrogen) atoms. The molecule has 0 unspecified atom stereocenters. The van der Waals surface area contributed by atoms with Gasteiger partial charge in [-0.25, -0.2) is 0 Å². The minimum atomic E-state index is 0.820. The lowest BCUT2D eigenvalue weighted by Gasteiger charge is -2.30. The molecule has 0 saturated carbocycles. The summed E-state index contributed by atoms with van der Waals surface area (Å²) in [5.41, 5.74) is 1.99. The Balaban J connectivity index is 2.01. The first kappa shape index (κ1) is 11.2. The Morgan fingerprint density at radius 3 is 2.69 bits per heavy atom. The summed E-state index contributed by atoms with van der Waals surface area (Å²) >= 11 is 0. The van der Waals surface area contributed by atoms with Crippen molar-refractivity contribution in [3.8, 4) is 6.07 Å². The number of hydrogen-bond acceptors (Lipinski definition) is 2. The van der Waals surface area contributed by atoms with Gasteiger partial charge in [-0.15, -0.1) is 0 Å². The van der Waals surface area contributed by atoms with Crippen molar-refractivity contribution >= 4 is 0 Å². The van der Waals surface area contributed by atoms with Crippen LogP contribution in [-0.4, -0.2) is 18.0 Å². The number of rotatable bonds is 2. The molecule has 1 aliphatic rings. The van der Waals surface area contributed by atoms with Gasteiger partial charge in [0.05, 0.1) is 11.6 Å². The molecule has 0 bridgehead atoms. The maximum absolute atomic E-state index is 9.02. The third-order valence-electron chi connectivity index (χ3n) is 3.41. The van der Waals surface area contributed by atoms with E-state index in [1.165, 1.54) is 31.5 Å². The number of benzene rings is 1. The van der Waals surface area contributed by atoms with E-state index in [0.717, 1.165) is 18.0 Å². The van der Waals surface area contributed by atoms with E-state index in [4.69, 9.17) is 5.26 Å². The number of hydrogen-bond donors (Lipinski definition) is 0. The van der Waals surface area contributed by atoms with Crippen LogP contribution in [0.4, 0.5) is 0 Å². The molecule has 2 heteroatoms. The van der Waals surface area contributed by atoms with Crippen molar-refractivity contribution < 1.29 is 0 Å². The Bertz CT molecular complexity index is 384. The maximum Gasteiger partial charge on any atom is 0.0995 e.